The van der Waals surface area contributed by atoms with Crippen molar-refractivity contribution in [1.82, 2.24) is 5.32 Å². The van der Waals surface area contributed by atoms with E-state index in [1.165, 1.54) is 0 Å². The Kier molecular flexibility index (Phi) is 34.5. The van der Waals surface area contributed by atoms with E-state index in [0.29, 0.717) is 183 Å². The quantitative estimate of drug-likeness (QED) is 0.0730. The molecular weight excluding hydrogens is 712 g/mol. The number of hydrogen-bond acceptors (Lipinski definition) is 16. The van der Waals surface area contributed by atoms with Crippen LogP contribution >= 0.6 is 0 Å². The molecule has 0 radical (unpaired) electrons. The van der Waals surface area contributed by atoms with Crippen molar-refractivity contribution in [3.05, 3.63) is 24.3 Å². The molecule has 17 heteroatoms. The number of carbonyl (C=O) groups excluding carboxylic acids is 1. The number of hydrogen-bond donors (Lipinski definition) is 2. The molecule has 0 aromatic heterocycles. The molecule has 1 rings (SSSR count). The van der Waals surface area contributed by atoms with Gasteiger partial charge in [-0.25, -0.2) is 4.79 Å². The fraction of sp³-hybridized carbons (Fsp3) is 0.811. The van der Waals surface area contributed by atoms with Gasteiger partial charge in [0, 0.05) is 6.54 Å². The van der Waals surface area contributed by atoms with Crippen LogP contribution in [0.25, 0.3) is 0 Å². The van der Waals surface area contributed by atoms with Crippen molar-refractivity contribution in [2.45, 2.75) is 26.4 Å². The first kappa shape index (κ1) is 49.6. The van der Waals surface area contributed by atoms with Crippen molar-refractivity contribution in [2.75, 3.05) is 177 Å². The Bertz CT molecular complexity index is 958. The molecule has 0 saturated heterocycles. The highest BCUT2D eigenvalue weighted by Gasteiger charge is 2.15. The van der Waals surface area contributed by atoms with Crippen molar-refractivity contribution >= 4 is 11.8 Å². The first-order valence-electron chi connectivity index (χ1n) is 18.8. The summed E-state index contributed by atoms with van der Waals surface area (Å²) in [6.07, 6.45) is -0.455. The molecule has 3 N–H and O–H groups in total. The molecular formula is C37H68N2O15. The summed E-state index contributed by atoms with van der Waals surface area (Å²) in [7, 11) is 0. The molecule has 0 saturated carbocycles. The molecule has 1 aromatic rings. The van der Waals surface area contributed by atoms with Crippen LogP contribution in [0.2, 0.25) is 0 Å². The maximum atomic E-state index is 11.5. The van der Waals surface area contributed by atoms with Crippen LogP contribution in [0.4, 0.5) is 10.5 Å². The highest BCUT2D eigenvalue weighted by Crippen LogP contribution is 2.19. The Morgan fingerprint density at radius 3 is 1.04 bits per heavy atom. The highest BCUT2D eigenvalue weighted by atomic mass is 16.6. The van der Waals surface area contributed by atoms with Crippen LogP contribution in [0.5, 0.6) is 5.75 Å². The van der Waals surface area contributed by atoms with Crippen LogP contribution in [0.3, 0.4) is 0 Å². The van der Waals surface area contributed by atoms with Crippen molar-refractivity contribution in [3.63, 3.8) is 0 Å². The van der Waals surface area contributed by atoms with Gasteiger partial charge in [-0.1, -0.05) is 12.1 Å². The lowest BCUT2D eigenvalue weighted by molar-refractivity contribution is -0.0285. The maximum absolute atomic E-state index is 11.5. The predicted octanol–water partition coefficient (Wildman–Crippen LogP) is 2.37. The zero-order valence-electron chi connectivity index (χ0n) is 32.9. The average molecular weight is 781 g/mol. The largest absolute Gasteiger partial charge is 0.489 e. The molecule has 0 fully saturated rings. The van der Waals surface area contributed by atoms with E-state index in [-0.39, 0.29) is 0 Å². The molecule has 0 aliphatic heterocycles. The Hall–Kier alpha value is -2.39. The fourth-order valence-electron chi connectivity index (χ4n) is 3.88. The first-order chi connectivity index (χ1) is 26.4. The lowest BCUT2D eigenvalue weighted by Gasteiger charge is -2.19. The summed E-state index contributed by atoms with van der Waals surface area (Å²) in [5.41, 5.74) is 5.92. The number of rotatable bonds is 40. The second-order valence-corrected chi connectivity index (χ2v) is 12.2. The number of ether oxygens (including phenoxy) is 14. The number of carbonyl (C=O) groups is 1. The van der Waals surface area contributed by atoms with Crippen LogP contribution in [0, 0.1) is 0 Å². The van der Waals surface area contributed by atoms with E-state index >= 15 is 0 Å². The number of nitrogen functional groups attached to an aromatic ring is 1. The summed E-state index contributed by atoms with van der Waals surface area (Å²) in [6.45, 7) is 17.8. The molecule has 0 spiro atoms. The highest BCUT2D eigenvalue weighted by molar-refractivity contribution is 5.67. The number of benzene rings is 1. The van der Waals surface area contributed by atoms with Gasteiger partial charge in [-0.2, -0.15) is 0 Å². The molecule has 0 atom stereocenters. The van der Waals surface area contributed by atoms with Gasteiger partial charge >= 0.3 is 6.09 Å². The summed E-state index contributed by atoms with van der Waals surface area (Å²) in [4.78, 5) is 11.5. The van der Waals surface area contributed by atoms with Crippen molar-refractivity contribution in [1.29, 1.82) is 0 Å². The summed E-state index contributed by atoms with van der Waals surface area (Å²) in [6, 6.07) is 7.37. The second kappa shape index (κ2) is 37.5. The molecule has 0 aliphatic rings. The van der Waals surface area contributed by atoms with Crippen LogP contribution in [-0.4, -0.2) is 183 Å². The molecule has 0 unspecified atom stereocenters. The smallest absolute Gasteiger partial charge is 0.407 e. The molecule has 316 valence electrons. The minimum absolute atomic E-state index is 0.379. The molecule has 17 nitrogen and oxygen atoms in total. The third kappa shape index (κ3) is 36.6. The summed E-state index contributed by atoms with van der Waals surface area (Å²) < 4.78 is 76.4. The van der Waals surface area contributed by atoms with Crippen LogP contribution < -0.4 is 15.8 Å². The van der Waals surface area contributed by atoms with E-state index in [2.05, 4.69) is 5.32 Å². The van der Waals surface area contributed by atoms with E-state index in [9.17, 15) is 4.79 Å². The van der Waals surface area contributed by atoms with Gasteiger partial charge in [0.25, 0.3) is 0 Å². The average Bonchev–Trinajstić information content (AvgIpc) is 3.14. The summed E-state index contributed by atoms with van der Waals surface area (Å²) in [5, 5.41) is 2.63. The zero-order chi connectivity index (χ0) is 39.1. The van der Waals surface area contributed by atoms with Gasteiger partial charge in [0.2, 0.25) is 0 Å². The first-order valence-corrected chi connectivity index (χ1v) is 18.8. The second-order valence-electron chi connectivity index (χ2n) is 12.2. The normalized spacial score (nSPS) is 11.6. The standard InChI is InChI=1S/C37H68N2O15/c1-37(2,3)54-36(40)39-8-9-41-10-11-42-12-13-43-14-15-44-16-17-45-18-19-46-20-21-47-22-23-48-24-25-49-26-27-50-28-29-51-30-31-52-32-33-53-35-7-5-4-6-34(35)38/h4-7H,8-33,38H2,1-3H3,(H,39,40). The van der Waals surface area contributed by atoms with Gasteiger partial charge in [-0.05, 0) is 32.9 Å². The topological polar surface area (TPSA) is 184 Å². The molecule has 0 heterocycles. The summed E-state index contributed by atoms with van der Waals surface area (Å²) >= 11 is 0. The van der Waals surface area contributed by atoms with Crippen LogP contribution in [0.1, 0.15) is 20.8 Å². The van der Waals surface area contributed by atoms with E-state index < -0.39 is 11.7 Å². The minimum atomic E-state index is -0.515. The lowest BCUT2D eigenvalue weighted by atomic mass is 10.2. The van der Waals surface area contributed by atoms with Gasteiger partial charge in [-0.3, -0.25) is 0 Å². The number of amides is 1. The fourth-order valence-corrected chi connectivity index (χ4v) is 3.88. The van der Waals surface area contributed by atoms with E-state index in [1.54, 1.807) is 6.07 Å². The number of nitrogens with two attached hydrogens (primary N) is 1. The van der Waals surface area contributed by atoms with E-state index in [0.717, 1.165) is 0 Å². The predicted molar refractivity (Wildman–Crippen MR) is 200 cm³/mol. The van der Waals surface area contributed by atoms with Crippen molar-refractivity contribution in [3.8, 4) is 5.75 Å². The molecule has 1 aromatic carbocycles. The molecule has 1 amide bonds. The van der Waals surface area contributed by atoms with Gasteiger partial charge < -0.3 is 77.4 Å². The van der Waals surface area contributed by atoms with Crippen LogP contribution in [0.15, 0.2) is 24.3 Å². The number of para-hydroxylation sites is 2. The zero-order valence-corrected chi connectivity index (χ0v) is 32.9. The number of alkyl carbamates (subject to hydrolysis) is 1. The third-order valence-corrected chi connectivity index (χ3v) is 6.41. The number of nitrogens with one attached hydrogen (secondary N) is 1. The Morgan fingerprint density at radius 1 is 0.463 bits per heavy atom. The molecule has 0 aliphatic carbocycles. The molecule has 0 bridgehead atoms. The minimum Gasteiger partial charge on any atom is -0.489 e. The Balaban J connectivity index is 1.63. The van der Waals surface area contributed by atoms with Gasteiger partial charge in [0.05, 0.1) is 164 Å². The Morgan fingerprint density at radius 2 is 0.741 bits per heavy atom. The molecule has 54 heavy (non-hydrogen) atoms. The Labute approximate surface area is 321 Å². The van der Waals surface area contributed by atoms with Gasteiger partial charge in [-0.15, -0.1) is 0 Å². The van der Waals surface area contributed by atoms with Crippen molar-refractivity contribution < 1.29 is 71.1 Å². The monoisotopic (exact) mass is 780 g/mol. The lowest BCUT2D eigenvalue weighted by Crippen LogP contribution is -2.34. The van der Waals surface area contributed by atoms with Crippen LogP contribution in [-0.2, 0) is 61.6 Å². The number of anilines is 1. The van der Waals surface area contributed by atoms with E-state index in [4.69, 9.17) is 72.0 Å². The third-order valence-electron chi connectivity index (χ3n) is 6.41. The SMILES string of the molecule is CC(C)(C)OC(=O)NCCOCCOCCOCCOCCOCCOCCOCCOCCOCCOCCOCCOCCOc1ccccc1N. The van der Waals surface area contributed by atoms with Gasteiger partial charge in [0.1, 0.15) is 18.0 Å². The summed E-state index contributed by atoms with van der Waals surface area (Å²) in [5.74, 6) is 0.664. The van der Waals surface area contributed by atoms with E-state index in [1.807, 2.05) is 39.0 Å². The maximum Gasteiger partial charge on any atom is 0.407 e. The van der Waals surface area contributed by atoms with Gasteiger partial charge in [0.15, 0.2) is 0 Å². The van der Waals surface area contributed by atoms with Crippen molar-refractivity contribution in [2.24, 2.45) is 0 Å².